The molecule has 1 N–H and O–H groups in total. The van der Waals surface area contributed by atoms with E-state index in [0.717, 1.165) is 4.47 Å². The van der Waals surface area contributed by atoms with Gasteiger partial charge in [0.2, 0.25) is 0 Å². The predicted molar refractivity (Wildman–Crippen MR) is 99.2 cm³/mol. The Morgan fingerprint density at radius 2 is 2.12 bits per heavy atom. The molecule has 0 aliphatic carbocycles. The van der Waals surface area contributed by atoms with Crippen molar-refractivity contribution in [2.75, 3.05) is 13.7 Å². The van der Waals surface area contributed by atoms with Crippen LogP contribution in [-0.4, -0.2) is 40.2 Å². The Bertz CT molecular complexity index is 784. The average Bonchev–Trinajstić information content (AvgIpc) is 2.82. The van der Waals surface area contributed by atoms with Gasteiger partial charge >= 0.3 is 5.97 Å². The fraction of sp³-hybridized carbons (Fsp3) is 0.412. The van der Waals surface area contributed by atoms with Crippen molar-refractivity contribution in [3.63, 3.8) is 0 Å². The van der Waals surface area contributed by atoms with E-state index in [0.29, 0.717) is 17.0 Å². The normalized spacial score (nSPS) is 11.5. The number of halogens is 2. The molecule has 0 spiro atoms. The van der Waals surface area contributed by atoms with Crippen molar-refractivity contribution in [1.29, 1.82) is 0 Å². The van der Waals surface area contributed by atoms with Crippen LogP contribution in [0.4, 0.5) is 0 Å². The van der Waals surface area contributed by atoms with Gasteiger partial charge in [-0.05, 0) is 39.0 Å². The molecule has 0 saturated heterocycles. The highest BCUT2D eigenvalue weighted by Gasteiger charge is 2.28. The number of hydrogen-bond donors (Lipinski definition) is 1. The highest BCUT2D eigenvalue weighted by molar-refractivity contribution is 9.10. The molecule has 0 fully saturated rings. The van der Waals surface area contributed by atoms with Crippen LogP contribution < -0.4 is 4.74 Å². The van der Waals surface area contributed by atoms with Crippen molar-refractivity contribution >= 4 is 33.5 Å². The number of benzene rings is 1. The number of aliphatic hydroxyl groups is 1. The summed E-state index contributed by atoms with van der Waals surface area (Å²) >= 11 is 9.85. The molecule has 1 aromatic carbocycles. The molecule has 2 rings (SSSR count). The maximum atomic E-state index is 12.2. The predicted octanol–water partition coefficient (Wildman–Crippen LogP) is 3.92. The van der Waals surface area contributed by atoms with Crippen molar-refractivity contribution in [2.45, 2.75) is 32.9 Å². The lowest BCUT2D eigenvalue weighted by Crippen LogP contribution is -2.27. The Morgan fingerprint density at radius 1 is 1.44 bits per heavy atom. The molecule has 0 radical (unpaired) electrons. The van der Waals surface area contributed by atoms with Crippen molar-refractivity contribution in [3.8, 4) is 17.0 Å². The molecule has 8 heteroatoms. The summed E-state index contributed by atoms with van der Waals surface area (Å²) in [6.45, 7) is 5.36. The van der Waals surface area contributed by atoms with Gasteiger partial charge in [0.25, 0.3) is 0 Å². The van der Waals surface area contributed by atoms with E-state index in [4.69, 9.17) is 21.1 Å². The summed E-state index contributed by atoms with van der Waals surface area (Å²) in [5.74, 6) is -0.0529. The number of esters is 1. The minimum Gasteiger partial charge on any atom is -0.496 e. The molecule has 0 bridgehead atoms. The van der Waals surface area contributed by atoms with Gasteiger partial charge in [0.15, 0.2) is 5.69 Å². The zero-order valence-electron chi connectivity index (χ0n) is 14.5. The summed E-state index contributed by atoms with van der Waals surface area (Å²) in [6.07, 6.45) is 0. The number of nitrogens with zero attached hydrogens (tertiary/aromatic N) is 2. The molecular formula is C17H20BrClN2O4. The van der Waals surface area contributed by atoms with Gasteiger partial charge in [-0.25, -0.2) is 4.79 Å². The zero-order valence-corrected chi connectivity index (χ0v) is 16.8. The lowest BCUT2D eigenvalue weighted by molar-refractivity contribution is 0.0498. The standard InChI is InChI=1S/C17H20BrClN2O4/c1-5-25-16(22)14-13(19)15(21(20-14)9-17(2,3)23)11-7-6-10(18)8-12(11)24-4/h6-8,23H,5,9H2,1-4H3. The molecule has 0 saturated carbocycles. The van der Waals surface area contributed by atoms with E-state index < -0.39 is 11.6 Å². The quantitative estimate of drug-likeness (QED) is 0.702. The molecule has 136 valence electrons. The van der Waals surface area contributed by atoms with Crippen molar-refractivity contribution in [1.82, 2.24) is 9.78 Å². The summed E-state index contributed by atoms with van der Waals surface area (Å²) in [5, 5.41) is 14.6. The van der Waals surface area contributed by atoms with Gasteiger partial charge in [0.05, 0.1) is 31.6 Å². The molecule has 0 aliphatic heterocycles. The third-order valence-electron chi connectivity index (χ3n) is 3.32. The van der Waals surface area contributed by atoms with Gasteiger partial charge < -0.3 is 14.6 Å². The maximum absolute atomic E-state index is 12.2. The topological polar surface area (TPSA) is 73.6 Å². The Morgan fingerprint density at radius 3 is 2.68 bits per heavy atom. The third-order valence-corrected chi connectivity index (χ3v) is 4.17. The van der Waals surface area contributed by atoms with E-state index in [-0.39, 0.29) is 23.9 Å². The fourth-order valence-corrected chi connectivity index (χ4v) is 3.02. The molecular weight excluding hydrogens is 412 g/mol. The van der Waals surface area contributed by atoms with Crippen LogP contribution >= 0.6 is 27.5 Å². The molecule has 0 amide bonds. The summed E-state index contributed by atoms with van der Waals surface area (Å²) < 4.78 is 12.8. The van der Waals surface area contributed by atoms with Crippen LogP contribution in [0.1, 0.15) is 31.3 Å². The second kappa shape index (κ2) is 7.76. The van der Waals surface area contributed by atoms with Gasteiger partial charge in [0, 0.05) is 10.0 Å². The van der Waals surface area contributed by atoms with E-state index in [2.05, 4.69) is 21.0 Å². The molecule has 0 aliphatic rings. The first-order chi connectivity index (χ1) is 11.7. The number of carbonyl (C=O) groups excluding carboxylic acids is 1. The molecule has 1 heterocycles. The fourth-order valence-electron chi connectivity index (χ4n) is 2.37. The smallest absolute Gasteiger partial charge is 0.360 e. The number of ether oxygens (including phenoxy) is 2. The van der Waals surface area contributed by atoms with Crippen LogP contribution in [0.2, 0.25) is 5.02 Å². The van der Waals surface area contributed by atoms with Crippen molar-refractivity contribution in [3.05, 3.63) is 33.4 Å². The van der Waals surface area contributed by atoms with Crippen LogP contribution in [0, 0.1) is 0 Å². The average molecular weight is 432 g/mol. The Hall–Kier alpha value is -1.57. The summed E-state index contributed by atoms with van der Waals surface area (Å²) in [6, 6.07) is 5.43. The molecule has 6 nitrogen and oxygen atoms in total. The summed E-state index contributed by atoms with van der Waals surface area (Å²) in [4.78, 5) is 12.2. The van der Waals surface area contributed by atoms with Crippen LogP contribution in [0.3, 0.4) is 0 Å². The van der Waals surface area contributed by atoms with Crippen molar-refractivity contribution < 1.29 is 19.4 Å². The first kappa shape index (κ1) is 19.8. The number of methoxy groups -OCH3 is 1. The van der Waals surface area contributed by atoms with E-state index in [1.54, 1.807) is 33.9 Å². The highest BCUT2D eigenvalue weighted by Crippen LogP contribution is 2.38. The third kappa shape index (κ3) is 4.54. The lowest BCUT2D eigenvalue weighted by Gasteiger charge is -2.19. The van der Waals surface area contributed by atoms with Gasteiger partial charge in [-0.3, -0.25) is 4.68 Å². The number of rotatable bonds is 6. The summed E-state index contributed by atoms with van der Waals surface area (Å²) in [5.41, 5.74) is 0.0884. The maximum Gasteiger partial charge on any atom is 0.360 e. The highest BCUT2D eigenvalue weighted by atomic mass is 79.9. The van der Waals surface area contributed by atoms with Crippen LogP contribution in [0.5, 0.6) is 5.75 Å². The number of carbonyl (C=O) groups is 1. The first-order valence-electron chi connectivity index (χ1n) is 7.67. The monoisotopic (exact) mass is 430 g/mol. The molecule has 25 heavy (non-hydrogen) atoms. The minimum atomic E-state index is -1.06. The van der Waals surface area contributed by atoms with Crippen LogP contribution in [-0.2, 0) is 11.3 Å². The van der Waals surface area contributed by atoms with Crippen LogP contribution in [0.25, 0.3) is 11.3 Å². The second-order valence-corrected chi connectivity index (χ2v) is 7.34. The van der Waals surface area contributed by atoms with Crippen LogP contribution in [0.15, 0.2) is 22.7 Å². The number of hydrogen-bond acceptors (Lipinski definition) is 5. The molecule has 0 unspecified atom stereocenters. The van der Waals surface area contributed by atoms with E-state index in [1.807, 2.05) is 12.1 Å². The van der Waals surface area contributed by atoms with Crippen molar-refractivity contribution in [2.24, 2.45) is 0 Å². The minimum absolute atomic E-state index is 0.00717. The van der Waals surface area contributed by atoms with E-state index in [9.17, 15) is 9.90 Å². The van der Waals surface area contributed by atoms with Gasteiger partial charge in [-0.15, -0.1) is 0 Å². The van der Waals surface area contributed by atoms with Gasteiger partial charge in [-0.2, -0.15) is 5.10 Å². The Labute approximate surface area is 159 Å². The number of aromatic nitrogens is 2. The largest absolute Gasteiger partial charge is 0.496 e. The molecule has 0 atom stereocenters. The lowest BCUT2D eigenvalue weighted by atomic mass is 10.1. The Balaban J connectivity index is 2.68. The summed E-state index contributed by atoms with van der Waals surface area (Å²) in [7, 11) is 1.54. The zero-order chi connectivity index (χ0) is 18.8. The van der Waals surface area contributed by atoms with E-state index in [1.165, 1.54) is 4.68 Å². The Kier molecular flexibility index (Phi) is 6.13. The SMILES string of the molecule is CCOC(=O)c1nn(CC(C)(C)O)c(-c2ccc(Br)cc2OC)c1Cl. The second-order valence-electron chi connectivity index (χ2n) is 6.05. The molecule has 2 aromatic rings. The van der Waals surface area contributed by atoms with E-state index >= 15 is 0 Å². The van der Waals surface area contributed by atoms with Gasteiger partial charge in [0.1, 0.15) is 10.8 Å². The first-order valence-corrected chi connectivity index (χ1v) is 8.84. The molecule has 1 aromatic heterocycles. The van der Waals surface area contributed by atoms with Gasteiger partial charge in [-0.1, -0.05) is 27.5 Å².